The molecule has 0 N–H and O–H groups in total. The van der Waals surface area contributed by atoms with Crippen molar-refractivity contribution >= 4 is 22.1 Å². The van der Waals surface area contributed by atoms with E-state index in [-0.39, 0.29) is 0 Å². The Morgan fingerprint density at radius 1 is 0.538 bits per heavy atom. The molecule has 0 unspecified atom stereocenters. The summed E-state index contributed by atoms with van der Waals surface area (Å²) >= 11 is 0. The molecule has 5 heteroatoms. The fourth-order valence-corrected chi connectivity index (χ4v) is 3.53. The largest absolute Gasteiger partial charge is 0.280 e. The van der Waals surface area contributed by atoms with E-state index in [9.17, 15) is 0 Å². The van der Waals surface area contributed by atoms with Gasteiger partial charge >= 0.3 is 0 Å². The lowest BCUT2D eigenvalue weighted by molar-refractivity contribution is 0.908. The van der Waals surface area contributed by atoms with Gasteiger partial charge in [0.1, 0.15) is 23.3 Å². The van der Waals surface area contributed by atoms with Gasteiger partial charge in [0.25, 0.3) is 0 Å². The van der Waals surface area contributed by atoms with Crippen molar-refractivity contribution < 1.29 is 0 Å². The Bertz CT molecular complexity index is 1170. The normalized spacial score (nSPS) is 11.5. The number of para-hydroxylation sites is 4. The molecule has 0 saturated carbocycles. The molecule has 0 atom stereocenters. The number of imidazole rings is 2. The summed E-state index contributed by atoms with van der Waals surface area (Å²) in [7, 11) is 0. The highest BCUT2D eigenvalue weighted by molar-refractivity contribution is 5.79. The summed E-state index contributed by atoms with van der Waals surface area (Å²) < 4.78 is 4.18. The highest BCUT2D eigenvalue weighted by Gasteiger charge is 2.13. The average molecular weight is 339 g/mol. The Labute approximate surface area is 150 Å². The lowest BCUT2D eigenvalue weighted by Crippen LogP contribution is -2.05. The van der Waals surface area contributed by atoms with Crippen molar-refractivity contribution in [3.63, 3.8) is 0 Å². The van der Waals surface area contributed by atoms with E-state index in [0.29, 0.717) is 0 Å². The van der Waals surface area contributed by atoms with Gasteiger partial charge in [0.15, 0.2) is 0 Å². The number of hydrogen-bond donors (Lipinski definition) is 0. The summed E-state index contributed by atoms with van der Waals surface area (Å²) in [4.78, 5) is 14.2. The topological polar surface area (TPSA) is 48.5 Å². The molecule has 126 valence electrons. The van der Waals surface area contributed by atoms with Gasteiger partial charge in [0.2, 0.25) is 0 Å². The maximum atomic E-state index is 4.93. The first-order valence-electron chi connectivity index (χ1n) is 8.58. The molecule has 0 spiro atoms. The lowest BCUT2D eigenvalue weighted by atomic mass is 10.3. The molecule has 5 rings (SSSR count). The molecule has 0 aliphatic carbocycles. The Kier molecular flexibility index (Phi) is 3.15. The van der Waals surface area contributed by atoms with Crippen LogP contribution < -0.4 is 0 Å². The van der Waals surface area contributed by atoms with E-state index in [0.717, 1.165) is 45.4 Å². The number of aromatic nitrogens is 5. The number of rotatable bonds is 2. The molecule has 2 aromatic carbocycles. The van der Waals surface area contributed by atoms with E-state index in [4.69, 9.17) is 4.98 Å². The Morgan fingerprint density at radius 2 is 1.00 bits per heavy atom. The van der Waals surface area contributed by atoms with Crippen molar-refractivity contribution in [1.82, 2.24) is 24.1 Å². The van der Waals surface area contributed by atoms with E-state index in [2.05, 4.69) is 31.2 Å². The summed E-state index contributed by atoms with van der Waals surface area (Å²) in [5.41, 5.74) is 4.06. The zero-order valence-corrected chi connectivity index (χ0v) is 14.6. The van der Waals surface area contributed by atoms with E-state index >= 15 is 0 Å². The van der Waals surface area contributed by atoms with Gasteiger partial charge in [-0.15, -0.1) is 0 Å². The molecule has 0 saturated heterocycles. The summed E-state index contributed by atoms with van der Waals surface area (Å²) in [6.45, 7) is 4.01. The fourth-order valence-electron chi connectivity index (χ4n) is 3.53. The van der Waals surface area contributed by atoms with E-state index in [1.165, 1.54) is 0 Å². The first-order chi connectivity index (χ1) is 12.7. The van der Waals surface area contributed by atoms with Crippen molar-refractivity contribution in [2.24, 2.45) is 0 Å². The molecule has 0 radical (unpaired) electrons. The fraction of sp³-hybridized carbons (Fsp3) is 0.0952. The zero-order valence-electron chi connectivity index (χ0n) is 14.6. The third-order valence-corrected chi connectivity index (χ3v) is 4.63. The lowest BCUT2D eigenvalue weighted by Gasteiger charge is -2.10. The van der Waals surface area contributed by atoms with Crippen LogP contribution in [0, 0.1) is 13.8 Å². The number of aryl methyl sites for hydroxylation is 2. The standard InChI is InChI=1S/C21H17N5/c1-14-22-16-8-3-5-10-18(16)25(14)20-12-7-13-21(24-20)26-15(2)23-17-9-4-6-11-19(17)26/h3-13H,1-2H3. The number of pyridine rings is 1. The highest BCUT2D eigenvalue weighted by atomic mass is 15.2. The van der Waals surface area contributed by atoms with E-state index < -0.39 is 0 Å². The zero-order chi connectivity index (χ0) is 17.7. The van der Waals surface area contributed by atoms with Gasteiger partial charge in [-0.3, -0.25) is 9.13 Å². The Balaban J connectivity index is 1.75. The second-order valence-electron chi connectivity index (χ2n) is 6.32. The maximum Gasteiger partial charge on any atom is 0.141 e. The third kappa shape index (κ3) is 2.14. The number of benzene rings is 2. The number of fused-ring (bicyclic) bond motifs is 2. The van der Waals surface area contributed by atoms with Gasteiger partial charge < -0.3 is 0 Å². The van der Waals surface area contributed by atoms with Gasteiger partial charge in [0, 0.05) is 0 Å². The molecule has 26 heavy (non-hydrogen) atoms. The van der Waals surface area contributed by atoms with Crippen molar-refractivity contribution in [2.45, 2.75) is 13.8 Å². The van der Waals surface area contributed by atoms with Gasteiger partial charge in [-0.05, 0) is 50.2 Å². The first kappa shape index (κ1) is 14.8. The minimum absolute atomic E-state index is 0.853. The Morgan fingerprint density at radius 3 is 1.50 bits per heavy atom. The molecule has 0 aliphatic heterocycles. The summed E-state index contributed by atoms with van der Waals surface area (Å²) in [6.07, 6.45) is 0. The molecule has 5 aromatic rings. The predicted molar refractivity (Wildman–Crippen MR) is 103 cm³/mol. The predicted octanol–water partition coefficient (Wildman–Crippen LogP) is 4.38. The van der Waals surface area contributed by atoms with Crippen LogP contribution >= 0.6 is 0 Å². The monoisotopic (exact) mass is 339 g/mol. The third-order valence-electron chi connectivity index (χ3n) is 4.63. The van der Waals surface area contributed by atoms with Crippen molar-refractivity contribution in [3.05, 3.63) is 78.4 Å². The second-order valence-corrected chi connectivity index (χ2v) is 6.32. The molecule has 5 nitrogen and oxygen atoms in total. The molecular formula is C21H17N5. The minimum Gasteiger partial charge on any atom is -0.280 e. The van der Waals surface area contributed by atoms with Crippen LogP contribution in [0.15, 0.2) is 66.7 Å². The van der Waals surface area contributed by atoms with Crippen LogP contribution in [-0.2, 0) is 0 Å². The highest BCUT2D eigenvalue weighted by Crippen LogP contribution is 2.23. The molecule has 0 bridgehead atoms. The average Bonchev–Trinajstić information content (AvgIpc) is 3.17. The summed E-state index contributed by atoms with van der Waals surface area (Å²) in [6, 6.07) is 22.3. The quantitative estimate of drug-likeness (QED) is 0.480. The molecule has 3 aromatic heterocycles. The Hall–Kier alpha value is -3.47. The van der Waals surface area contributed by atoms with Crippen LogP contribution in [0.25, 0.3) is 33.7 Å². The van der Waals surface area contributed by atoms with Gasteiger partial charge in [-0.1, -0.05) is 30.3 Å². The van der Waals surface area contributed by atoms with Gasteiger partial charge in [-0.2, -0.15) is 0 Å². The summed E-state index contributed by atoms with van der Waals surface area (Å²) in [5.74, 6) is 3.54. The van der Waals surface area contributed by atoms with Gasteiger partial charge in [0.05, 0.1) is 22.1 Å². The smallest absolute Gasteiger partial charge is 0.141 e. The van der Waals surface area contributed by atoms with Crippen LogP contribution in [0.2, 0.25) is 0 Å². The van der Waals surface area contributed by atoms with Crippen LogP contribution in [0.3, 0.4) is 0 Å². The van der Waals surface area contributed by atoms with Crippen LogP contribution in [0.1, 0.15) is 11.6 Å². The van der Waals surface area contributed by atoms with Crippen molar-refractivity contribution in [3.8, 4) is 11.6 Å². The van der Waals surface area contributed by atoms with Crippen molar-refractivity contribution in [2.75, 3.05) is 0 Å². The molecule has 3 heterocycles. The van der Waals surface area contributed by atoms with Gasteiger partial charge in [-0.25, -0.2) is 15.0 Å². The van der Waals surface area contributed by atoms with E-state index in [1.54, 1.807) is 0 Å². The summed E-state index contributed by atoms with van der Waals surface area (Å²) in [5, 5.41) is 0. The van der Waals surface area contributed by atoms with Crippen LogP contribution in [-0.4, -0.2) is 24.1 Å². The van der Waals surface area contributed by atoms with E-state index in [1.807, 2.05) is 68.4 Å². The molecule has 0 fully saturated rings. The SMILES string of the molecule is Cc1nc2ccccc2n1-c1cccc(-n2c(C)nc3ccccc32)n1. The molecule has 0 amide bonds. The molecular weight excluding hydrogens is 322 g/mol. The minimum atomic E-state index is 0.853. The molecule has 0 aliphatic rings. The van der Waals surface area contributed by atoms with Crippen LogP contribution in [0.5, 0.6) is 0 Å². The number of hydrogen-bond acceptors (Lipinski definition) is 3. The van der Waals surface area contributed by atoms with Crippen molar-refractivity contribution in [1.29, 1.82) is 0 Å². The van der Waals surface area contributed by atoms with Crippen LogP contribution in [0.4, 0.5) is 0 Å². The maximum absolute atomic E-state index is 4.93. The number of nitrogens with zero attached hydrogens (tertiary/aromatic N) is 5. The second kappa shape index (κ2) is 5.52. The first-order valence-corrected chi connectivity index (χ1v) is 8.58.